The van der Waals surface area contributed by atoms with Crippen LogP contribution in [0.4, 0.5) is 0 Å². The van der Waals surface area contributed by atoms with E-state index < -0.39 is 0 Å². The van der Waals surface area contributed by atoms with Crippen molar-refractivity contribution in [3.63, 3.8) is 0 Å². The first-order valence-corrected chi connectivity index (χ1v) is 7.85. The zero-order valence-electron chi connectivity index (χ0n) is 11.7. The van der Waals surface area contributed by atoms with Gasteiger partial charge in [0.25, 0.3) is 0 Å². The van der Waals surface area contributed by atoms with E-state index in [0.717, 1.165) is 25.0 Å². The second-order valence-corrected chi connectivity index (χ2v) is 5.77. The van der Waals surface area contributed by atoms with Gasteiger partial charge in [-0.05, 0) is 12.8 Å². The first-order valence-electron chi connectivity index (χ1n) is 6.87. The van der Waals surface area contributed by atoms with Gasteiger partial charge >= 0.3 is 5.97 Å². The van der Waals surface area contributed by atoms with Crippen LogP contribution in [-0.4, -0.2) is 23.9 Å². The number of methoxy groups -OCH3 is 1. The molecule has 0 heterocycles. The fourth-order valence-electron chi connectivity index (χ4n) is 1.75. The maximum Gasteiger partial charge on any atom is 0.305 e. The molecule has 0 aliphatic rings. The topological polar surface area (TPSA) is 43.4 Å². The zero-order valence-corrected chi connectivity index (χ0v) is 12.5. The van der Waals surface area contributed by atoms with Crippen molar-refractivity contribution in [3.8, 4) is 0 Å². The minimum atomic E-state index is -0.0991. The van der Waals surface area contributed by atoms with Gasteiger partial charge in [-0.25, -0.2) is 0 Å². The molecule has 0 aromatic heterocycles. The molecule has 0 N–H and O–H groups in total. The quantitative estimate of drug-likeness (QED) is 0.422. The summed E-state index contributed by atoms with van der Waals surface area (Å²) in [4.78, 5) is 21.5. The van der Waals surface area contributed by atoms with Gasteiger partial charge in [0.05, 0.1) is 7.11 Å². The molecule has 0 aliphatic heterocycles. The second-order valence-electron chi connectivity index (χ2n) is 4.49. The van der Waals surface area contributed by atoms with Gasteiger partial charge in [-0.1, -0.05) is 50.3 Å². The molecule has 0 saturated heterocycles. The van der Waals surface area contributed by atoms with Crippen molar-refractivity contribution in [1.29, 1.82) is 0 Å². The Morgan fingerprint density at radius 2 is 1.39 bits per heavy atom. The number of unbranched alkanes of at least 4 members (excludes halogenated alkanes) is 7. The Labute approximate surface area is 115 Å². The number of rotatable bonds is 11. The van der Waals surface area contributed by atoms with E-state index in [1.807, 2.05) is 0 Å². The third kappa shape index (κ3) is 13.6. The highest BCUT2D eigenvalue weighted by Gasteiger charge is 1.99. The van der Waals surface area contributed by atoms with Gasteiger partial charge in [-0.2, -0.15) is 0 Å². The van der Waals surface area contributed by atoms with Crippen LogP contribution in [0.1, 0.15) is 64.7 Å². The first kappa shape index (κ1) is 17.5. The normalized spacial score (nSPS) is 10.3. The number of esters is 1. The molecule has 3 nitrogen and oxygen atoms in total. The average molecular weight is 274 g/mol. The first-order chi connectivity index (χ1) is 8.66. The molecule has 106 valence electrons. The maximum atomic E-state index is 10.8. The summed E-state index contributed by atoms with van der Waals surface area (Å²) < 4.78 is 4.58. The van der Waals surface area contributed by atoms with Gasteiger partial charge in [0.1, 0.15) is 0 Å². The van der Waals surface area contributed by atoms with Crippen LogP contribution in [-0.2, 0) is 14.3 Å². The molecule has 0 fully saturated rings. The second kappa shape index (κ2) is 12.9. The van der Waals surface area contributed by atoms with Gasteiger partial charge in [0.15, 0.2) is 5.12 Å². The lowest BCUT2D eigenvalue weighted by molar-refractivity contribution is -0.140. The summed E-state index contributed by atoms with van der Waals surface area (Å²) >= 11 is 1.43. The lowest BCUT2D eigenvalue weighted by Gasteiger charge is -2.02. The lowest BCUT2D eigenvalue weighted by atomic mass is 10.1. The van der Waals surface area contributed by atoms with Crippen LogP contribution < -0.4 is 0 Å². The summed E-state index contributed by atoms with van der Waals surface area (Å²) in [5.74, 6) is 0.868. The highest BCUT2D eigenvalue weighted by molar-refractivity contribution is 8.13. The summed E-state index contributed by atoms with van der Waals surface area (Å²) in [6.07, 6.45) is 9.98. The van der Waals surface area contributed by atoms with E-state index in [1.54, 1.807) is 6.92 Å². The molecule has 0 spiro atoms. The van der Waals surface area contributed by atoms with Crippen LogP contribution in [0.2, 0.25) is 0 Å². The van der Waals surface area contributed by atoms with Gasteiger partial charge in [-0.15, -0.1) is 0 Å². The van der Waals surface area contributed by atoms with E-state index in [1.165, 1.54) is 51.0 Å². The Hall–Kier alpha value is -0.510. The molecule has 0 aromatic carbocycles. The van der Waals surface area contributed by atoms with Crippen LogP contribution in [0.25, 0.3) is 0 Å². The molecule has 0 radical (unpaired) electrons. The maximum absolute atomic E-state index is 10.8. The molecular weight excluding hydrogens is 248 g/mol. The van der Waals surface area contributed by atoms with E-state index in [9.17, 15) is 9.59 Å². The zero-order chi connectivity index (χ0) is 13.6. The van der Waals surface area contributed by atoms with Gasteiger partial charge in [0.2, 0.25) is 0 Å². The molecular formula is C14H26O3S. The summed E-state index contributed by atoms with van der Waals surface area (Å²) in [6.45, 7) is 1.62. The highest BCUT2D eigenvalue weighted by atomic mass is 32.2. The monoisotopic (exact) mass is 274 g/mol. The van der Waals surface area contributed by atoms with E-state index in [4.69, 9.17) is 0 Å². The minimum absolute atomic E-state index is 0.0991. The van der Waals surface area contributed by atoms with Crippen molar-refractivity contribution in [3.05, 3.63) is 0 Å². The number of thioether (sulfide) groups is 1. The lowest BCUT2D eigenvalue weighted by Crippen LogP contribution is -1.99. The molecule has 0 amide bonds. The fraction of sp³-hybridized carbons (Fsp3) is 0.857. The third-order valence-electron chi connectivity index (χ3n) is 2.81. The van der Waals surface area contributed by atoms with Gasteiger partial charge in [-0.3, -0.25) is 9.59 Å². The van der Waals surface area contributed by atoms with E-state index in [2.05, 4.69) is 4.74 Å². The van der Waals surface area contributed by atoms with Crippen LogP contribution in [0.3, 0.4) is 0 Å². The van der Waals surface area contributed by atoms with Gasteiger partial charge < -0.3 is 4.74 Å². The summed E-state index contributed by atoms with van der Waals surface area (Å²) in [5.41, 5.74) is 0. The van der Waals surface area contributed by atoms with Crippen molar-refractivity contribution >= 4 is 22.8 Å². The molecule has 0 atom stereocenters. The summed E-state index contributed by atoms with van der Waals surface area (Å²) in [7, 11) is 1.44. The van der Waals surface area contributed by atoms with Crippen LogP contribution in [0.15, 0.2) is 0 Å². The molecule has 0 aliphatic carbocycles. The minimum Gasteiger partial charge on any atom is -0.469 e. The standard InChI is InChI=1S/C14H26O3S/c1-13(15)18-12-10-8-6-4-3-5-7-9-11-14(16)17-2/h3-12H2,1-2H3. The highest BCUT2D eigenvalue weighted by Crippen LogP contribution is 2.12. The van der Waals surface area contributed by atoms with E-state index in [0.29, 0.717) is 6.42 Å². The van der Waals surface area contributed by atoms with Crippen molar-refractivity contribution in [2.24, 2.45) is 0 Å². The van der Waals surface area contributed by atoms with Crippen LogP contribution >= 0.6 is 11.8 Å². The molecule has 0 bridgehead atoms. The Balaban J connectivity index is 3.03. The van der Waals surface area contributed by atoms with Crippen molar-refractivity contribution < 1.29 is 14.3 Å². The average Bonchev–Trinajstić information content (AvgIpc) is 2.35. The number of ether oxygens (including phenoxy) is 1. The Bertz CT molecular complexity index is 229. The third-order valence-corrected chi connectivity index (χ3v) is 3.71. The molecule has 0 unspecified atom stereocenters. The predicted molar refractivity (Wildman–Crippen MR) is 76.7 cm³/mol. The van der Waals surface area contributed by atoms with Crippen molar-refractivity contribution in [1.82, 2.24) is 0 Å². The van der Waals surface area contributed by atoms with Crippen molar-refractivity contribution in [2.75, 3.05) is 12.9 Å². The molecule has 18 heavy (non-hydrogen) atoms. The number of carbonyl (C=O) groups is 2. The molecule has 4 heteroatoms. The Kier molecular flexibility index (Phi) is 12.6. The van der Waals surface area contributed by atoms with Crippen molar-refractivity contribution in [2.45, 2.75) is 64.7 Å². The Morgan fingerprint density at radius 3 is 1.89 bits per heavy atom. The smallest absolute Gasteiger partial charge is 0.305 e. The number of carbonyl (C=O) groups excluding carboxylic acids is 2. The van der Waals surface area contributed by atoms with Gasteiger partial charge in [0, 0.05) is 19.1 Å². The van der Waals surface area contributed by atoms with E-state index >= 15 is 0 Å². The molecule has 0 saturated carbocycles. The largest absolute Gasteiger partial charge is 0.469 e. The molecule has 0 aromatic rings. The fourth-order valence-corrected chi connectivity index (χ4v) is 2.39. The van der Waals surface area contributed by atoms with Crippen LogP contribution in [0.5, 0.6) is 0 Å². The molecule has 0 rings (SSSR count). The van der Waals surface area contributed by atoms with Crippen LogP contribution in [0, 0.1) is 0 Å². The van der Waals surface area contributed by atoms with E-state index in [-0.39, 0.29) is 11.1 Å². The summed E-state index contributed by atoms with van der Waals surface area (Å²) in [6, 6.07) is 0. The number of hydrogen-bond donors (Lipinski definition) is 0. The number of hydrogen-bond acceptors (Lipinski definition) is 4. The predicted octanol–water partition coefficient (Wildman–Crippen LogP) is 3.95. The summed E-state index contributed by atoms with van der Waals surface area (Å²) in [5, 5.41) is 0.223. The Morgan fingerprint density at radius 1 is 0.889 bits per heavy atom. The SMILES string of the molecule is COC(=O)CCCCCCCCCCSC(C)=O.